The molecule has 0 spiro atoms. The molecule has 0 atom stereocenters. The van der Waals surface area contributed by atoms with E-state index in [0.717, 1.165) is 33.6 Å². The van der Waals surface area contributed by atoms with Crippen LogP contribution in [0.5, 0.6) is 5.75 Å². The van der Waals surface area contributed by atoms with Gasteiger partial charge < -0.3 is 4.74 Å². The predicted molar refractivity (Wildman–Crippen MR) is 116 cm³/mol. The summed E-state index contributed by atoms with van der Waals surface area (Å²) in [6.45, 7) is 5.85. The molecule has 5 nitrogen and oxygen atoms in total. The van der Waals surface area contributed by atoms with Crippen LogP contribution in [0.15, 0.2) is 53.4 Å². The van der Waals surface area contributed by atoms with Gasteiger partial charge in [0.2, 0.25) is 0 Å². The van der Waals surface area contributed by atoms with Crippen LogP contribution in [0, 0.1) is 6.92 Å². The zero-order chi connectivity index (χ0) is 20.3. The van der Waals surface area contributed by atoms with Gasteiger partial charge in [0.1, 0.15) is 5.75 Å². The Bertz CT molecular complexity index is 952. The number of hydrogen-bond donors (Lipinski definition) is 1. The number of nitrogens with zero attached hydrogens (tertiary/aromatic N) is 1. The van der Waals surface area contributed by atoms with Crippen LogP contribution in [0.3, 0.4) is 0 Å². The topological polar surface area (TPSA) is 58.6 Å². The summed E-state index contributed by atoms with van der Waals surface area (Å²) in [7, 11) is 0. The molecule has 0 saturated carbocycles. The van der Waals surface area contributed by atoms with Gasteiger partial charge in [0.25, 0.3) is 11.8 Å². The molecular formula is C21H20N2O3S2. The van der Waals surface area contributed by atoms with E-state index in [-0.39, 0.29) is 22.2 Å². The minimum atomic E-state index is -0.384. The predicted octanol–water partition coefficient (Wildman–Crippen LogP) is 4.33. The Labute approximate surface area is 173 Å². The fourth-order valence-corrected chi connectivity index (χ4v) is 3.72. The van der Waals surface area contributed by atoms with E-state index >= 15 is 0 Å². The van der Waals surface area contributed by atoms with E-state index in [4.69, 9.17) is 17.0 Å². The molecule has 1 aliphatic rings. The van der Waals surface area contributed by atoms with E-state index in [2.05, 4.69) is 5.43 Å². The van der Waals surface area contributed by atoms with Gasteiger partial charge in [-0.05, 0) is 68.9 Å². The molecule has 0 unspecified atom stereocenters. The number of carbonyl (C=O) groups is 2. The highest BCUT2D eigenvalue weighted by Gasteiger charge is 2.33. The lowest BCUT2D eigenvalue weighted by Crippen LogP contribution is -2.44. The van der Waals surface area contributed by atoms with Gasteiger partial charge in [0.05, 0.1) is 11.0 Å². The molecule has 144 valence electrons. The molecule has 0 radical (unpaired) electrons. The third kappa shape index (κ3) is 4.79. The normalized spacial score (nSPS) is 15.4. The van der Waals surface area contributed by atoms with Crippen molar-refractivity contribution in [1.29, 1.82) is 0 Å². The lowest BCUT2D eigenvalue weighted by Gasteiger charge is -2.15. The Hall–Kier alpha value is -2.64. The molecule has 2 aromatic rings. The second-order valence-corrected chi connectivity index (χ2v) is 8.24. The van der Waals surface area contributed by atoms with Gasteiger partial charge in [-0.2, -0.15) is 5.01 Å². The van der Waals surface area contributed by atoms with Gasteiger partial charge in [-0.1, -0.05) is 41.6 Å². The lowest BCUT2D eigenvalue weighted by molar-refractivity contribution is -0.123. The number of thiocarbonyl (C=S) groups is 1. The summed E-state index contributed by atoms with van der Waals surface area (Å²) >= 11 is 6.42. The Morgan fingerprint density at radius 1 is 1.21 bits per heavy atom. The standard InChI is InChI=1S/C21H20N2O3S2/c1-13(2)26-17-6-4-5-15(11-17)12-18-20(25)23(21(27)28-18)22-19(24)16-9-7-14(3)8-10-16/h4-13H,1-3H3,(H,22,24)/b18-12+. The maximum atomic E-state index is 12.7. The smallest absolute Gasteiger partial charge is 0.285 e. The minimum absolute atomic E-state index is 0.0606. The highest BCUT2D eigenvalue weighted by Crippen LogP contribution is 2.32. The summed E-state index contributed by atoms with van der Waals surface area (Å²) < 4.78 is 5.97. The van der Waals surface area contributed by atoms with Gasteiger partial charge in [0, 0.05) is 5.56 Å². The summed E-state index contributed by atoms with van der Waals surface area (Å²) in [5, 5.41) is 1.11. The molecule has 2 aromatic carbocycles. The summed E-state index contributed by atoms with van der Waals surface area (Å²) in [6.07, 6.45) is 1.80. The van der Waals surface area contributed by atoms with Crippen molar-refractivity contribution < 1.29 is 14.3 Å². The van der Waals surface area contributed by atoms with Crippen LogP contribution in [-0.2, 0) is 4.79 Å². The minimum Gasteiger partial charge on any atom is -0.491 e. The van der Waals surface area contributed by atoms with Crippen molar-refractivity contribution >= 4 is 46.2 Å². The first-order valence-corrected chi connectivity index (χ1v) is 9.98. The van der Waals surface area contributed by atoms with Crippen molar-refractivity contribution in [2.24, 2.45) is 0 Å². The van der Waals surface area contributed by atoms with Crippen LogP contribution >= 0.6 is 24.0 Å². The number of thioether (sulfide) groups is 1. The van der Waals surface area contributed by atoms with E-state index < -0.39 is 0 Å². The van der Waals surface area contributed by atoms with Crippen LogP contribution in [0.4, 0.5) is 0 Å². The van der Waals surface area contributed by atoms with Crippen molar-refractivity contribution in [1.82, 2.24) is 10.4 Å². The van der Waals surface area contributed by atoms with E-state index in [1.54, 1.807) is 18.2 Å². The SMILES string of the molecule is Cc1ccc(C(=O)NN2C(=O)/C(=C\c3cccc(OC(C)C)c3)SC2=S)cc1. The summed E-state index contributed by atoms with van der Waals surface area (Å²) in [6, 6.07) is 14.6. The molecule has 1 heterocycles. The first-order chi connectivity index (χ1) is 13.3. The number of benzene rings is 2. The van der Waals surface area contributed by atoms with Crippen LogP contribution in [0.1, 0.15) is 35.3 Å². The molecule has 1 saturated heterocycles. The highest BCUT2D eigenvalue weighted by atomic mass is 32.2. The van der Waals surface area contributed by atoms with Crippen LogP contribution in [0.25, 0.3) is 6.08 Å². The quantitative estimate of drug-likeness (QED) is 0.585. The maximum absolute atomic E-state index is 12.7. The summed E-state index contributed by atoms with van der Waals surface area (Å²) in [5.74, 6) is -0.0116. The molecule has 7 heteroatoms. The molecule has 1 N–H and O–H groups in total. The average Bonchev–Trinajstić information content (AvgIpc) is 2.89. The summed E-state index contributed by atoms with van der Waals surface area (Å²) in [4.78, 5) is 25.6. The molecule has 3 rings (SSSR count). The zero-order valence-electron chi connectivity index (χ0n) is 15.8. The fourth-order valence-electron chi connectivity index (χ4n) is 2.54. The van der Waals surface area contributed by atoms with Gasteiger partial charge in [-0.25, -0.2) is 0 Å². The average molecular weight is 413 g/mol. The van der Waals surface area contributed by atoms with E-state index in [1.807, 2.05) is 57.2 Å². The van der Waals surface area contributed by atoms with Crippen molar-refractivity contribution in [2.45, 2.75) is 26.9 Å². The van der Waals surface area contributed by atoms with Crippen LogP contribution in [-0.4, -0.2) is 27.2 Å². The first kappa shape index (κ1) is 20.1. The van der Waals surface area contributed by atoms with Gasteiger partial charge in [-0.3, -0.25) is 15.0 Å². The molecule has 1 aliphatic heterocycles. The molecule has 0 aliphatic carbocycles. The number of hydrazine groups is 1. The monoisotopic (exact) mass is 412 g/mol. The number of rotatable bonds is 5. The van der Waals surface area contributed by atoms with Crippen LogP contribution < -0.4 is 10.2 Å². The van der Waals surface area contributed by atoms with Gasteiger partial charge >= 0.3 is 0 Å². The highest BCUT2D eigenvalue weighted by molar-refractivity contribution is 8.26. The third-order valence-corrected chi connectivity index (χ3v) is 5.15. The van der Waals surface area contributed by atoms with E-state index in [9.17, 15) is 9.59 Å². The zero-order valence-corrected chi connectivity index (χ0v) is 17.4. The molecule has 28 heavy (non-hydrogen) atoms. The van der Waals surface area contributed by atoms with Crippen molar-refractivity contribution in [3.8, 4) is 5.75 Å². The maximum Gasteiger partial charge on any atom is 0.285 e. The Kier molecular flexibility index (Phi) is 6.16. The fraction of sp³-hybridized carbons (Fsp3) is 0.190. The largest absolute Gasteiger partial charge is 0.491 e. The first-order valence-electron chi connectivity index (χ1n) is 8.76. The summed E-state index contributed by atoms with van der Waals surface area (Å²) in [5.41, 5.74) is 4.92. The number of aryl methyl sites for hydroxylation is 1. The number of ether oxygens (including phenoxy) is 1. The Morgan fingerprint density at radius 2 is 1.93 bits per heavy atom. The van der Waals surface area contributed by atoms with Crippen molar-refractivity contribution in [3.05, 3.63) is 70.1 Å². The number of carbonyl (C=O) groups excluding carboxylic acids is 2. The van der Waals surface area contributed by atoms with Gasteiger partial charge in [-0.15, -0.1) is 0 Å². The number of amides is 2. The van der Waals surface area contributed by atoms with Crippen LogP contribution in [0.2, 0.25) is 0 Å². The number of nitrogens with one attached hydrogen (secondary N) is 1. The molecule has 2 amide bonds. The molecule has 0 aromatic heterocycles. The third-order valence-electron chi connectivity index (χ3n) is 3.85. The molecule has 0 bridgehead atoms. The van der Waals surface area contributed by atoms with E-state index in [0.29, 0.717) is 10.5 Å². The Morgan fingerprint density at radius 3 is 2.61 bits per heavy atom. The Balaban J connectivity index is 1.75. The number of hydrogen-bond acceptors (Lipinski definition) is 5. The second kappa shape index (κ2) is 8.58. The van der Waals surface area contributed by atoms with Crippen molar-refractivity contribution in [2.75, 3.05) is 0 Å². The van der Waals surface area contributed by atoms with Gasteiger partial charge in [0.15, 0.2) is 4.32 Å². The lowest BCUT2D eigenvalue weighted by atomic mass is 10.1. The van der Waals surface area contributed by atoms with Crippen molar-refractivity contribution in [3.63, 3.8) is 0 Å². The second-order valence-electron chi connectivity index (χ2n) is 6.56. The van der Waals surface area contributed by atoms with E-state index in [1.165, 1.54) is 0 Å². The molecular weight excluding hydrogens is 392 g/mol. The molecule has 1 fully saturated rings.